The Kier molecular flexibility index (Phi) is 6.69. The molecule has 0 saturated carbocycles. The molecule has 1 aliphatic heterocycles. The molecule has 0 saturated heterocycles. The maximum Gasteiger partial charge on any atom is 0.244 e. The van der Waals surface area contributed by atoms with Crippen molar-refractivity contribution in [3.05, 3.63) is 88.0 Å². The van der Waals surface area contributed by atoms with Gasteiger partial charge in [-0.15, -0.1) is 0 Å². The second kappa shape index (κ2) is 10.3. The molecule has 5 rings (SSSR count). The molecule has 2 heterocycles. The standard InChI is InChI=1S/C28H23FN2O7/c1-35-18-7-8-21(23(11-18)36-2)30-26(32)15-31-14-20(27(33)16-3-5-17(29)6-4-16)28(34)19-12-24-25(13-22(19)31)38-10-9-37-24/h3-8,11-14H,9-10,15H2,1-2H3,(H,30,32). The first-order valence-electron chi connectivity index (χ1n) is 11.7. The molecule has 0 unspecified atom stereocenters. The molecule has 0 aliphatic carbocycles. The van der Waals surface area contributed by atoms with Crippen molar-refractivity contribution in [3.63, 3.8) is 0 Å². The second-order valence-electron chi connectivity index (χ2n) is 8.46. The molecule has 10 heteroatoms. The maximum atomic E-state index is 13.4. The predicted molar refractivity (Wildman–Crippen MR) is 137 cm³/mol. The number of ketones is 1. The molecule has 0 fully saturated rings. The first kappa shape index (κ1) is 24.8. The molecule has 194 valence electrons. The molecular formula is C28H23FN2O7. The molecule has 0 atom stereocenters. The Hall–Kier alpha value is -4.86. The molecule has 4 aromatic rings. The number of hydrogen-bond donors (Lipinski definition) is 1. The fraction of sp³-hybridized carbons (Fsp3) is 0.179. The van der Waals surface area contributed by atoms with Crippen LogP contribution in [0.15, 0.2) is 65.6 Å². The highest BCUT2D eigenvalue weighted by molar-refractivity contribution is 6.10. The summed E-state index contributed by atoms with van der Waals surface area (Å²) in [6, 6.07) is 13.0. The molecule has 0 bridgehead atoms. The number of amides is 1. The number of pyridine rings is 1. The van der Waals surface area contributed by atoms with Crippen molar-refractivity contribution >= 4 is 28.3 Å². The summed E-state index contributed by atoms with van der Waals surface area (Å²) in [6.45, 7) is 0.407. The van der Waals surface area contributed by atoms with Crippen LogP contribution < -0.4 is 29.7 Å². The van der Waals surface area contributed by atoms with Gasteiger partial charge in [-0.05, 0) is 42.5 Å². The molecule has 1 amide bonds. The van der Waals surface area contributed by atoms with Gasteiger partial charge in [-0.3, -0.25) is 14.4 Å². The van der Waals surface area contributed by atoms with E-state index in [1.165, 1.54) is 43.2 Å². The SMILES string of the molecule is COc1ccc(NC(=O)Cn2cc(C(=O)c3ccc(F)cc3)c(=O)c3cc4c(cc32)OCCO4)c(OC)c1. The third-order valence-electron chi connectivity index (χ3n) is 6.09. The summed E-state index contributed by atoms with van der Waals surface area (Å²) in [5, 5.41) is 2.97. The first-order valence-corrected chi connectivity index (χ1v) is 11.7. The van der Waals surface area contributed by atoms with E-state index in [9.17, 15) is 18.8 Å². The summed E-state index contributed by atoms with van der Waals surface area (Å²) < 4.78 is 36.8. The number of hydrogen-bond acceptors (Lipinski definition) is 7. The predicted octanol–water partition coefficient (Wildman–Crippen LogP) is 3.80. The Balaban J connectivity index is 1.57. The number of carbonyl (C=O) groups excluding carboxylic acids is 2. The van der Waals surface area contributed by atoms with Gasteiger partial charge in [0.15, 0.2) is 17.3 Å². The molecule has 0 spiro atoms. The minimum atomic E-state index is -0.599. The van der Waals surface area contributed by atoms with Crippen LogP contribution >= 0.6 is 0 Å². The smallest absolute Gasteiger partial charge is 0.244 e. The van der Waals surface area contributed by atoms with E-state index in [1.54, 1.807) is 24.3 Å². The second-order valence-corrected chi connectivity index (χ2v) is 8.46. The lowest BCUT2D eigenvalue weighted by molar-refractivity contribution is -0.116. The van der Waals surface area contributed by atoms with Crippen molar-refractivity contribution in [1.29, 1.82) is 0 Å². The zero-order valence-electron chi connectivity index (χ0n) is 20.6. The summed E-state index contributed by atoms with van der Waals surface area (Å²) in [7, 11) is 2.99. The Morgan fingerprint density at radius 2 is 1.68 bits per heavy atom. The van der Waals surface area contributed by atoms with Gasteiger partial charge in [-0.1, -0.05) is 0 Å². The van der Waals surface area contributed by atoms with E-state index in [2.05, 4.69) is 5.32 Å². The van der Waals surface area contributed by atoms with Gasteiger partial charge >= 0.3 is 0 Å². The van der Waals surface area contributed by atoms with Crippen LogP contribution in [-0.4, -0.2) is 43.7 Å². The highest BCUT2D eigenvalue weighted by Crippen LogP contribution is 2.34. The maximum absolute atomic E-state index is 13.4. The van der Waals surface area contributed by atoms with Crippen molar-refractivity contribution in [2.75, 3.05) is 32.8 Å². The number of nitrogens with zero attached hydrogens (tertiary/aromatic N) is 1. The van der Waals surface area contributed by atoms with E-state index in [0.717, 1.165) is 12.1 Å². The first-order chi connectivity index (χ1) is 18.4. The highest BCUT2D eigenvalue weighted by atomic mass is 19.1. The van der Waals surface area contributed by atoms with Crippen LogP contribution in [0.25, 0.3) is 10.9 Å². The monoisotopic (exact) mass is 518 g/mol. The molecule has 1 N–H and O–H groups in total. The average Bonchev–Trinajstić information content (AvgIpc) is 2.94. The van der Waals surface area contributed by atoms with Crippen molar-refractivity contribution < 1.29 is 32.9 Å². The lowest BCUT2D eigenvalue weighted by Gasteiger charge is -2.20. The summed E-state index contributed by atoms with van der Waals surface area (Å²) in [5.74, 6) is 0.201. The van der Waals surface area contributed by atoms with E-state index in [1.807, 2.05) is 0 Å². The molecule has 3 aromatic carbocycles. The molecular weight excluding hydrogens is 495 g/mol. The van der Waals surface area contributed by atoms with Crippen LogP contribution in [0, 0.1) is 5.82 Å². The number of ether oxygens (including phenoxy) is 4. The largest absolute Gasteiger partial charge is 0.497 e. The molecule has 38 heavy (non-hydrogen) atoms. The number of aromatic nitrogens is 1. The average molecular weight is 518 g/mol. The third kappa shape index (κ3) is 4.75. The minimum absolute atomic E-state index is 0.138. The Labute approximate surface area is 216 Å². The van der Waals surface area contributed by atoms with E-state index in [-0.39, 0.29) is 23.1 Å². The van der Waals surface area contributed by atoms with Gasteiger partial charge in [-0.2, -0.15) is 0 Å². The van der Waals surface area contributed by atoms with E-state index in [0.29, 0.717) is 47.4 Å². The third-order valence-corrected chi connectivity index (χ3v) is 6.09. The highest BCUT2D eigenvalue weighted by Gasteiger charge is 2.22. The lowest BCUT2D eigenvalue weighted by atomic mass is 10.0. The summed E-state index contributed by atoms with van der Waals surface area (Å²) >= 11 is 0. The number of anilines is 1. The quantitative estimate of drug-likeness (QED) is 0.371. The molecule has 0 radical (unpaired) electrons. The van der Waals surface area contributed by atoms with Crippen molar-refractivity contribution in [1.82, 2.24) is 4.57 Å². The van der Waals surface area contributed by atoms with E-state index < -0.39 is 22.9 Å². The van der Waals surface area contributed by atoms with Crippen molar-refractivity contribution in [2.45, 2.75) is 6.54 Å². The van der Waals surface area contributed by atoms with Crippen LogP contribution in [0.5, 0.6) is 23.0 Å². The number of benzene rings is 3. The van der Waals surface area contributed by atoms with Crippen LogP contribution in [-0.2, 0) is 11.3 Å². The van der Waals surface area contributed by atoms with Gasteiger partial charge in [0.2, 0.25) is 11.3 Å². The fourth-order valence-corrected chi connectivity index (χ4v) is 4.22. The van der Waals surface area contributed by atoms with Gasteiger partial charge in [0, 0.05) is 23.9 Å². The minimum Gasteiger partial charge on any atom is -0.497 e. The molecule has 1 aliphatic rings. The normalized spacial score (nSPS) is 12.2. The Morgan fingerprint density at radius 3 is 2.37 bits per heavy atom. The summed E-state index contributed by atoms with van der Waals surface area (Å²) in [5.41, 5.74) is 0.224. The number of halogens is 1. The van der Waals surface area contributed by atoms with Gasteiger partial charge in [0.25, 0.3) is 0 Å². The van der Waals surface area contributed by atoms with Crippen molar-refractivity contribution in [2.24, 2.45) is 0 Å². The number of fused-ring (bicyclic) bond motifs is 2. The van der Waals surface area contributed by atoms with Crippen LogP contribution in [0.1, 0.15) is 15.9 Å². The van der Waals surface area contributed by atoms with E-state index in [4.69, 9.17) is 18.9 Å². The van der Waals surface area contributed by atoms with Gasteiger partial charge < -0.3 is 28.8 Å². The van der Waals surface area contributed by atoms with Crippen LogP contribution in [0.3, 0.4) is 0 Å². The number of methoxy groups -OCH3 is 2. The zero-order chi connectivity index (χ0) is 26.8. The number of nitrogens with one attached hydrogen (secondary N) is 1. The number of rotatable bonds is 7. The fourth-order valence-electron chi connectivity index (χ4n) is 4.22. The zero-order valence-corrected chi connectivity index (χ0v) is 20.6. The van der Waals surface area contributed by atoms with Crippen molar-refractivity contribution in [3.8, 4) is 23.0 Å². The van der Waals surface area contributed by atoms with Crippen LogP contribution in [0.4, 0.5) is 10.1 Å². The number of carbonyl (C=O) groups is 2. The van der Waals surface area contributed by atoms with Gasteiger partial charge in [-0.25, -0.2) is 4.39 Å². The topological polar surface area (TPSA) is 105 Å². The summed E-state index contributed by atoms with van der Waals surface area (Å²) in [4.78, 5) is 39.8. The van der Waals surface area contributed by atoms with Crippen LogP contribution in [0.2, 0.25) is 0 Å². The van der Waals surface area contributed by atoms with Gasteiger partial charge in [0.1, 0.15) is 37.1 Å². The molecule has 9 nitrogen and oxygen atoms in total. The summed E-state index contributed by atoms with van der Waals surface area (Å²) in [6.07, 6.45) is 1.33. The van der Waals surface area contributed by atoms with E-state index >= 15 is 0 Å². The Morgan fingerprint density at radius 1 is 0.974 bits per heavy atom. The Bertz CT molecular complexity index is 1610. The molecule has 1 aromatic heterocycles. The van der Waals surface area contributed by atoms with Gasteiger partial charge in [0.05, 0.1) is 36.4 Å². The lowest BCUT2D eigenvalue weighted by Crippen LogP contribution is -2.25.